The fraction of sp³-hybridized carbons (Fsp3) is 0.250. The van der Waals surface area contributed by atoms with E-state index in [1.165, 1.54) is 12.1 Å². The Kier molecular flexibility index (Phi) is 3.57. The molecule has 0 radical (unpaired) electrons. The van der Waals surface area contributed by atoms with E-state index < -0.39 is 4.92 Å². The van der Waals surface area contributed by atoms with Crippen molar-refractivity contribution in [2.45, 2.75) is 19.8 Å². The Labute approximate surface area is 117 Å². The van der Waals surface area contributed by atoms with Crippen molar-refractivity contribution in [2.75, 3.05) is 5.73 Å². The molecular formula is C12H12BrN3O3. The van der Waals surface area contributed by atoms with Crippen LogP contribution in [-0.4, -0.2) is 10.1 Å². The van der Waals surface area contributed by atoms with Crippen LogP contribution >= 0.6 is 15.9 Å². The van der Waals surface area contributed by atoms with Gasteiger partial charge in [0.15, 0.2) is 0 Å². The number of hydrogen-bond acceptors (Lipinski definition) is 5. The quantitative estimate of drug-likeness (QED) is 0.685. The molecule has 0 saturated carbocycles. The SMILES string of the molecule is CC(C)c1c(-c2cc(Br)cc([N+](=O)[O-])c2)noc1N. The Morgan fingerprint density at radius 1 is 1.42 bits per heavy atom. The minimum atomic E-state index is -0.452. The molecule has 0 fully saturated rings. The maximum Gasteiger partial charge on any atom is 0.271 e. The molecule has 2 N–H and O–H groups in total. The predicted octanol–water partition coefficient (Wildman–Crippen LogP) is 3.72. The van der Waals surface area contributed by atoms with Gasteiger partial charge in [0.05, 0.1) is 4.92 Å². The number of aromatic nitrogens is 1. The molecule has 0 aliphatic heterocycles. The number of nitro benzene ring substituents is 1. The predicted molar refractivity (Wildman–Crippen MR) is 74.8 cm³/mol. The standard InChI is InChI=1S/C12H12BrN3O3/c1-6(2)10-11(15-19-12(10)14)7-3-8(13)5-9(4-7)16(17)18/h3-6H,14H2,1-2H3. The number of nitrogen functional groups attached to an aromatic ring is 1. The highest BCUT2D eigenvalue weighted by Crippen LogP contribution is 2.35. The number of rotatable bonds is 3. The third-order valence-corrected chi connectivity index (χ3v) is 3.16. The van der Waals surface area contributed by atoms with Gasteiger partial charge in [0.2, 0.25) is 5.88 Å². The first kappa shape index (κ1) is 13.5. The van der Waals surface area contributed by atoms with E-state index in [-0.39, 0.29) is 17.5 Å². The monoisotopic (exact) mass is 325 g/mol. The topological polar surface area (TPSA) is 95.2 Å². The first-order valence-corrected chi connectivity index (χ1v) is 6.40. The van der Waals surface area contributed by atoms with Crippen molar-refractivity contribution < 1.29 is 9.45 Å². The van der Waals surface area contributed by atoms with Gasteiger partial charge >= 0.3 is 0 Å². The molecule has 1 aromatic carbocycles. The summed E-state index contributed by atoms with van der Waals surface area (Å²) in [6.45, 7) is 3.91. The smallest absolute Gasteiger partial charge is 0.271 e. The Hall–Kier alpha value is -1.89. The second-order valence-electron chi connectivity index (χ2n) is 4.42. The molecule has 0 aliphatic rings. The molecule has 0 atom stereocenters. The molecule has 0 saturated heterocycles. The van der Waals surface area contributed by atoms with Crippen LogP contribution in [0.1, 0.15) is 25.3 Å². The van der Waals surface area contributed by atoms with Crippen molar-refractivity contribution in [3.63, 3.8) is 0 Å². The van der Waals surface area contributed by atoms with Crippen molar-refractivity contribution in [1.82, 2.24) is 5.16 Å². The summed E-state index contributed by atoms with van der Waals surface area (Å²) in [6, 6.07) is 4.63. The lowest BCUT2D eigenvalue weighted by atomic mass is 9.98. The van der Waals surface area contributed by atoms with E-state index in [1.807, 2.05) is 13.8 Å². The summed E-state index contributed by atoms with van der Waals surface area (Å²) in [5, 5.41) is 14.8. The summed E-state index contributed by atoms with van der Waals surface area (Å²) in [4.78, 5) is 10.4. The van der Waals surface area contributed by atoms with Crippen LogP contribution in [-0.2, 0) is 0 Å². The largest absolute Gasteiger partial charge is 0.367 e. The Balaban J connectivity index is 2.62. The first-order valence-electron chi connectivity index (χ1n) is 5.60. The van der Waals surface area contributed by atoms with Gasteiger partial charge in [0, 0.05) is 27.7 Å². The molecule has 0 amide bonds. The molecule has 0 spiro atoms. The van der Waals surface area contributed by atoms with E-state index in [1.54, 1.807) is 6.07 Å². The fourth-order valence-corrected chi connectivity index (χ4v) is 2.37. The van der Waals surface area contributed by atoms with Crippen LogP contribution < -0.4 is 5.73 Å². The van der Waals surface area contributed by atoms with Gasteiger partial charge in [-0.05, 0) is 12.0 Å². The van der Waals surface area contributed by atoms with Crippen molar-refractivity contribution in [3.8, 4) is 11.3 Å². The summed E-state index contributed by atoms with van der Waals surface area (Å²) >= 11 is 3.25. The van der Waals surface area contributed by atoms with Crippen LogP contribution in [0.3, 0.4) is 0 Å². The molecule has 0 bridgehead atoms. The number of non-ortho nitro benzene ring substituents is 1. The van der Waals surface area contributed by atoms with Gasteiger partial charge in [-0.1, -0.05) is 34.9 Å². The van der Waals surface area contributed by atoms with Crippen LogP contribution in [0.5, 0.6) is 0 Å². The number of nitrogens with two attached hydrogens (primary N) is 1. The average Bonchev–Trinajstić information content (AvgIpc) is 2.70. The van der Waals surface area contributed by atoms with Crippen molar-refractivity contribution in [1.29, 1.82) is 0 Å². The summed E-state index contributed by atoms with van der Waals surface area (Å²) < 4.78 is 5.60. The molecule has 2 aromatic rings. The number of nitrogens with zero attached hydrogens (tertiary/aromatic N) is 2. The number of halogens is 1. The molecule has 19 heavy (non-hydrogen) atoms. The van der Waals surface area contributed by atoms with Gasteiger partial charge < -0.3 is 10.3 Å². The maximum atomic E-state index is 10.9. The van der Waals surface area contributed by atoms with Gasteiger partial charge in [-0.25, -0.2) is 0 Å². The van der Waals surface area contributed by atoms with Crippen LogP contribution in [0.2, 0.25) is 0 Å². The van der Waals surface area contributed by atoms with E-state index in [9.17, 15) is 10.1 Å². The Morgan fingerprint density at radius 3 is 2.68 bits per heavy atom. The van der Waals surface area contributed by atoms with Gasteiger partial charge in [-0.3, -0.25) is 10.1 Å². The van der Waals surface area contributed by atoms with E-state index in [0.717, 1.165) is 5.56 Å². The molecule has 1 aromatic heterocycles. The maximum absolute atomic E-state index is 10.9. The lowest BCUT2D eigenvalue weighted by Crippen LogP contribution is -1.95. The van der Waals surface area contributed by atoms with E-state index in [0.29, 0.717) is 15.7 Å². The third kappa shape index (κ3) is 2.60. The zero-order chi connectivity index (χ0) is 14.2. The average molecular weight is 326 g/mol. The lowest BCUT2D eigenvalue weighted by Gasteiger charge is -2.06. The van der Waals surface area contributed by atoms with Crippen molar-refractivity contribution in [3.05, 3.63) is 38.3 Å². The van der Waals surface area contributed by atoms with Gasteiger partial charge in [0.25, 0.3) is 5.69 Å². The molecule has 100 valence electrons. The highest BCUT2D eigenvalue weighted by molar-refractivity contribution is 9.10. The second-order valence-corrected chi connectivity index (χ2v) is 5.33. The first-order chi connectivity index (χ1) is 8.90. The number of nitro groups is 1. The summed E-state index contributed by atoms with van der Waals surface area (Å²) in [5.74, 6) is 0.354. The van der Waals surface area contributed by atoms with Gasteiger partial charge in [0.1, 0.15) is 5.69 Å². The van der Waals surface area contributed by atoms with Crippen LogP contribution in [0.4, 0.5) is 11.6 Å². The minimum absolute atomic E-state index is 0.0133. The Morgan fingerprint density at radius 2 is 2.11 bits per heavy atom. The minimum Gasteiger partial charge on any atom is -0.367 e. The van der Waals surface area contributed by atoms with Crippen molar-refractivity contribution in [2.24, 2.45) is 0 Å². The van der Waals surface area contributed by atoms with E-state index >= 15 is 0 Å². The fourth-order valence-electron chi connectivity index (χ4n) is 1.89. The number of anilines is 1. The molecule has 7 heteroatoms. The molecular weight excluding hydrogens is 314 g/mol. The summed E-state index contributed by atoms with van der Waals surface area (Å²) in [6.07, 6.45) is 0. The molecule has 6 nitrogen and oxygen atoms in total. The Bertz CT molecular complexity index is 637. The number of hydrogen-bond donors (Lipinski definition) is 1. The lowest BCUT2D eigenvalue weighted by molar-refractivity contribution is -0.384. The van der Waals surface area contributed by atoms with Crippen LogP contribution in [0, 0.1) is 10.1 Å². The highest BCUT2D eigenvalue weighted by Gasteiger charge is 2.20. The van der Waals surface area contributed by atoms with Crippen molar-refractivity contribution >= 4 is 27.5 Å². The zero-order valence-electron chi connectivity index (χ0n) is 10.4. The van der Waals surface area contributed by atoms with E-state index in [4.69, 9.17) is 10.3 Å². The molecule has 0 unspecified atom stereocenters. The van der Waals surface area contributed by atoms with E-state index in [2.05, 4.69) is 21.1 Å². The summed E-state index contributed by atoms with van der Waals surface area (Å²) in [5.41, 5.74) is 7.63. The molecule has 2 rings (SSSR count). The second kappa shape index (κ2) is 5.00. The third-order valence-electron chi connectivity index (χ3n) is 2.70. The zero-order valence-corrected chi connectivity index (χ0v) is 12.0. The van der Waals surface area contributed by atoms with Crippen LogP contribution in [0.15, 0.2) is 27.2 Å². The highest BCUT2D eigenvalue weighted by atomic mass is 79.9. The molecule has 0 aliphatic carbocycles. The number of benzene rings is 1. The van der Waals surface area contributed by atoms with Gasteiger partial charge in [-0.2, -0.15) is 0 Å². The molecule has 1 heterocycles. The normalized spacial score (nSPS) is 10.9. The van der Waals surface area contributed by atoms with Gasteiger partial charge in [-0.15, -0.1) is 0 Å². The van der Waals surface area contributed by atoms with Crippen LogP contribution in [0.25, 0.3) is 11.3 Å². The summed E-state index contributed by atoms with van der Waals surface area (Å²) in [7, 11) is 0.